The minimum Gasteiger partial charge on any atom is -0.319 e. The summed E-state index contributed by atoms with van der Waals surface area (Å²) >= 11 is 18.3. The van der Waals surface area contributed by atoms with Crippen molar-refractivity contribution >= 4 is 46.4 Å². The van der Waals surface area contributed by atoms with Crippen molar-refractivity contribution in [2.24, 2.45) is 0 Å². The van der Waals surface area contributed by atoms with E-state index in [-0.39, 0.29) is 5.82 Å². The predicted molar refractivity (Wildman–Crippen MR) is 126 cm³/mol. The maximum absolute atomic E-state index is 13.0. The fourth-order valence-corrected chi connectivity index (χ4v) is 3.55. The molecule has 0 atom stereocenters. The van der Waals surface area contributed by atoms with Crippen LogP contribution >= 0.6 is 34.8 Å². The molecule has 8 heteroatoms. The van der Waals surface area contributed by atoms with E-state index in [1.807, 2.05) is 44.2 Å². The Morgan fingerprint density at radius 2 is 1.74 bits per heavy atom. The van der Waals surface area contributed by atoms with Gasteiger partial charge in [0, 0.05) is 16.3 Å². The highest BCUT2D eigenvalue weighted by atomic mass is 35.5. The largest absolute Gasteiger partial charge is 0.319 e. The van der Waals surface area contributed by atoms with E-state index in [0.29, 0.717) is 32.3 Å². The lowest BCUT2D eigenvalue weighted by Gasteiger charge is -2.08. The monoisotopic (exact) mass is 470 g/mol. The molecule has 0 aliphatic rings. The number of rotatable bonds is 4. The van der Waals surface area contributed by atoms with E-state index in [0.717, 1.165) is 16.7 Å². The molecule has 31 heavy (non-hydrogen) atoms. The zero-order valence-electron chi connectivity index (χ0n) is 16.7. The normalized spacial score (nSPS) is 10.9. The zero-order chi connectivity index (χ0) is 22.1. The van der Waals surface area contributed by atoms with Crippen molar-refractivity contribution in [2.75, 3.05) is 5.32 Å². The van der Waals surface area contributed by atoms with Crippen molar-refractivity contribution in [1.29, 1.82) is 0 Å². The summed E-state index contributed by atoms with van der Waals surface area (Å²) in [5.41, 5.74) is 3.98. The number of nitrogens with zero attached hydrogens (tertiary/aromatic N) is 3. The molecular weight excluding hydrogens is 455 g/mol. The van der Waals surface area contributed by atoms with E-state index >= 15 is 0 Å². The Bertz CT molecular complexity index is 1300. The number of benzene rings is 3. The third-order valence-corrected chi connectivity index (χ3v) is 5.66. The molecular formula is C23H17Cl3N4O. The molecule has 1 N–H and O–H groups in total. The average Bonchev–Trinajstić information content (AvgIpc) is 3.18. The third kappa shape index (κ3) is 4.59. The van der Waals surface area contributed by atoms with Crippen molar-refractivity contribution in [2.45, 2.75) is 13.8 Å². The van der Waals surface area contributed by atoms with E-state index in [1.165, 1.54) is 0 Å². The van der Waals surface area contributed by atoms with Gasteiger partial charge in [-0.05, 0) is 55.8 Å². The van der Waals surface area contributed by atoms with Crippen LogP contribution in [0.4, 0.5) is 5.69 Å². The van der Waals surface area contributed by atoms with Crippen LogP contribution in [0.3, 0.4) is 0 Å². The highest BCUT2D eigenvalue weighted by molar-refractivity contribution is 6.42. The fourth-order valence-electron chi connectivity index (χ4n) is 3.08. The van der Waals surface area contributed by atoms with Gasteiger partial charge in [0.15, 0.2) is 5.82 Å². The van der Waals surface area contributed by atoms with Gasteiger partial charge in [-0.1, -0.05) is 64.6 Å². The Kier molecular flexibility index (Phi) is 6.01. The Balaban J connectivity index is 1.80. The summed E-state index contributed by atoms with van der Waals surface area (Å²) in [6, 6.07) is 18.2. The summed E-state index contributed by atoms with van der Waals surface area (Å²) in [5.74, 6) is 0.0788. The fraction of sp³-hybridized carbons (Fsp3) is 0.0870. The third-order valence-electron chi connectivity index (χ3n) is 4.68. The van der Waals surface area contributed by atoms with Crippen molar-refractivity contribution in [3.63, 3.8) is 0 Å². The van der Waals surface area contributed by atoms with Gasteiger partial charge in [-0.25, -0.2) is 9.67 Å². The van der Waals surface area contributed by atoms with Crippen molar-refractivity contribution < 1.29 is 4.79 Å². The summed E-state index contributed by atoms with van der Waals surface area (Å²) < 4.78 is 1.58. The first-order valence-corrected chi connectivity index (χ1v) is 10.5. The van der Waals surface area contributed by atoms with E-state index in [2.05, 4.69) is 15.4 Å². The number of hydrogen-bond acceptors (Lipinski definition) is 3. The summed E-state index contributed by atoms with van der Waals surface area (Å²) in [6.45, 7) is 3.87. The number of carbonyl (C=O) groups excluding carboxylic acids is 1. The number of carbonyl (C=O) groups is 1. The number of aryl methyl sites for hydroxylation is 2. The molecule has 5 nitrogen and oxygen atoms in total. The average molecular weight is 472 g/mol. The van der Waals surface area contributed by atoms with Gasteiger partial charge in [-0.3, -0.25) is 4.79 Å². The van der Waals surface area contributed by atoms with Gasteiger partial charge >= 0.3 is 0 Å². The smallest absolute Gasteiger partial charge is 0.295 e. The highest BCUT2D eigenvalue weighted by Crippen LogP contribution is 2.28. The summed E-state index contributed by atoms with van der Waals surface area (Å²) in [4.78, 5) is 17.5. The molecule has 0 bridgehead atoms. The molecule has 0 aliphatic carbocycles. The number of nitrogens with one attached hydrogen (secondary N) is 1. The minimum atomic E-state index is -0.446. The first kappa shape index (κ1) is 21.4. The van der Waals surface area contributed by atoms with E-state index in [4.69, 9.17) is 34.8 Å². The summed E-state index contributed by atoms with van der Waals surface area (Å²) in [6.07, 6.45) is 0. The van der Waals surface area contributed by atoms with Crippen molar-refractivity contribution in [1.82, 2.24) is 14.8 Å². The lowest BCUT2D eigenvalue weighted by Crippen LogP contribution is -2.15. The van der Waals surface area contributed by atoms with Crippen LogP contribution in [-0.4, -0.2) is 20.7 Å². The van der Waals surface area contributed by atoms with Crippen LogP contribution in [0.2, 0.25) is 15.1 Å². The molecule has 156 valence electrons. The molecule has 1 aromatic heterocycles. The Morgan fingerprint density at radius 1 is 0.935 bits per heavy atom. The molecule has 4 rings (SSSR count). The quantitative estimate of drug-likeness (QED) is 0.357. The van der Waals surface area contributed by atoms with Crippen LogP contribution in [0.5, 0.6) is 0 Å². The second-order valence-electron chi connectivity index (χ2n) is 7.05. The van der Waals surface area contributed by atoms with Gasteiger partial charge in [-0.15, -0.1) is 5.10 Å². The molecule has 0 saturated heterocycles. The SMILES string of the molecule is Cc1cccc(-c2nc(C(=O)Nc3cc(Cl)ccc3C)nn2-c2ccc(Cl)c(Cl)c2)c1. The van der Waals surface area contributed by atoms with Gasteiger partial charge in [0.2, 0.25) is 5.82 Å². The van der Waals surface area contributed by atoms with E-state index in [9.17, 15) is 4.79 Å². The predicted octanol–water partition coefficient (Wildman–Crippen LogP) is 6.76. The molecule has 0 fully saturated rings. The molecule has 0 spiro atoms. The topological polar surface area (TPSA) is 59.8 Å². The lowest BCUT2D eigenvalue weighted by atomic mass is 10.1. The minimum absolute atomic E-state index is 0.0157. The lowest BCUT2D eigenvalue weighted by molar-refractivity contribution is 0.101. The number of anilines is 1. The molecule has 1 heterocycles. The maximum Gasteiger partial charge on any atom is 0.295 e. The number of hydrogen-bond donors (Lipinski definition) is 1. The standard InChI is InChI=1S/C23H17Cl3N4O/c1-13-4-3-5-15(10-13)22-28-21(23(31)27-20-11-16(24)7-6-14(20)2)29-30(22)17-8-9-18(25)19(26)12-17/h3-12H,1-2H3,(H,27,31). The van der Waals surface area contributed by atoms with Crippen molar-refractivity contribution in [3.8, 4) is 17.1 Å². The molecule has 0 unspecified atom stereocenters. The van der Waals surface area contributed by atoms with Gasteiger partial charge in [0.1, 0.15) is 0 Å². The van der Waals surface area contributed by atoms with Crippen LogP contribution in [0, 0.1) is 13.8 Å². The number of aromatic nitrogens is 3. The number of halogens is 3. The molecule has 0 saturated carbocycles. The molecule has 1 amide bonds. The van der Waals surface area contributed by atoms with Crippen LogP contribution < -0.4 is 5.32 Å². The molecule has 3 aromatic carbocycles. The zero-order valence-corrected chi connectivity index (χ0v) is 18.9. The highest BCUT2D eigenvalue weighted by Gasteiger charge is 2.20. The van der Waals surface area contributed by atoms with Gasteiger partial charge in [-0.2, -0.15) is 0 Å². The Hall–Kier alpha value is -2.86. The second kappa shape index (κ2) is 8.71. The van der Waals surface area contributed by atoms with E-state index in [1.54, 1.807) is 35.0 Å². The Morgan fingerprint density at radius 3 is 2.48 bits per heavy atom. The Labute approximate surface area is 194 Å². The van der Waals surface area contributed by atoms with Gasteiger partial charge in [0.25, 0.3) is 5.91 Å². The van der Waals surface area contributed by atoms with Gasteiger partial charge < -0.3 is 5.32 Å². The summed E-state index contributed by atoms with van der Waals surface area (Å²) in [7, 11) is 0. The maximum atomic E-state index is 13.0. The first-order chi connectivity index (χ1) is 14.8. The molecule has 4 aromatic rings. The molecule has 0 radical (unpaired) electrons. The van der Waals surface area contributed by atoms with Crippen molar-refractivity contribution in [3.05, 3.63) is 92.7 Å². The van der Waals surface area contributed by atoms with Crippen LogP contribution in [0.1, 0.15) is 21.7 Å². The second-order valence-corrected chi connectivity index (χ2v) is 8.30. The number of amides is 1. The summed E-state index contributed by atoms with van der Waals surface area (Å²) in [5, 5.41) is 8.63. The molecule has 0 aliphatic heterocycles. The van der Waals surface area contributed by atoms with Crippen LogP contribution in [-0.2, 0) is 0 Å². The van der Waals surface area contributed by atoms with E-state index < -0.39 is 5.91 Å². The first-order valence-electron chi connectivity index (χ1n) is 9.39. The van der Waals surface area contributed by atoms with Crippen LogP contribution in [0.15, 0.2) is 60.7 Å². The van der Waals surface area contributed by atoms with Gasteiger partial charge in [0.05, 0.1) is 15.7 Å². The van der Waals surface area contributed by atoms with Crippen LogP contribution in [0.25, 0.3) is 17.1 Å².